The van der Waals surface area contributed by atoms with E-state index in [0.29, 0.717) is 0 Å². The summed E-state index contributed by atoms with van der Waals surface area (Å²) in [5.41, 5.74) is 0.0910. The van der Waals surface area contributed by atoms with Gasteiger partial charge in [-0.3, -0.25) is 0 Å². The van der Waals surface area contributed by atoms with Crippen molar-refractivity contribution in [2.24, 2.45) is 0 Å². The van der Waals surface area contributed by atoms with E-state index in [9.17, 15) is 17.2 Å². The Morgan fingerprint density at radius 3 is 2.59 bits per heavy atom. The minimum atomic E-state index is -3.47. The molecule has 1 aliphatic heterocycles. The first kappa shape index (κ1) is 12.3. The summed E-state index contributed by atoms with van der Waals surface area (Å²) < 4.78 is 48.4. The van der Waals surface area contributed by atoms with Gasteiger partial charge < -0.3 is 5.32 Å². The average Bonchev–Trinajstić information content (AvgIpc) is 2.24. The molecule has 3 nitrogen and oxygen atoms in total. The summed E-state index contributed by atoms with van der Waals surface area (Å²) in [6.45, 7) is 3.44. The summed E-state index contributed by atoms with van der Waals surface area (Å²) in [6.07, 6.45) is -2.60. The summed E-state index contributed by atoms with van der Waals surface area (Å²) in [7, 11) is -3.47. The zero-order valence-corrected chi connectivity index (χ0v) is 10.3. The van der Waals surface area contributed by atoms with E-state index in [4.69, 9.17) is 0 Å². The third kappa shape index (κ3) is 1.80. The van der Waals surface area contributed by atoms with Gasteiger partial charge in [0.25, 0.3) is 6.43 Å². The van der Waals surface area contributed by atoms with Gasteiger partial charge in [-0.15, -0.1) is 0 Å². The molecule has 0 spiro atoms. The molecule has 17 heavy (non-hydrogen) atoms. The molecule has 1 aromatic carbocycles. The van der Waals surface area contributed by atoms with E-state index in [1.807, 2.05) is 0 Å². The zero-order valence-electron chi connectivity index (χ0n) is 9.50. The third-order valence-electron chi connectivity index (χ3n) is 2.98. The van der Waals surface area contributed by atoms with Crippen molar-refractivity contribution in [1.82, 2.24) is 0 Å². The number of benzene rings is 1. The molecule has 0 aromatic heterocycles. The van der Waals surface area contributed by atoms with Gasteiger partial charge in [0.2, 0.25) is 0 Å². The van der Waals surface area contributed by atoms with Gasteiger partial charge in [0.05, 0.1) is 15.3 Å². The van der Waals surface area contributed by atoms with Gasteiger partial charge in [0, 0.05) is 12.1 Å². The molecule has 1 N–H and O–H groups in total. The molecule has 0 fully saturated rings. The van der Waals surface area contributed by atoms with Gasteiger partial charge in [0.1, 0.15) is 0 Å². The second-order valence-electron chi connectivity index (χ2n) is 4.67. The van der Waals surface area contributed by atoms with Gasteiger partial charge in [-0.2, -0.15) is 0 Å². The van der Waals surface area contributed by atoms with Gasteiger partial charge in [-0.1, -0.05) is 6.07 Å². The highest BCUT2D eigenvalue weighted by Gasteiger charge is 2.40. The van der Waals surface area contributed by atoms with Crippen LogP contribution in [0.25, 0.3) is 0 Å². The van der Waals surface area contributed by atoms with Crippen molar-refractivity contribution in [3.05, 3.63) is 23.8 Å². The number of nitrogens with one attached hydrogen (secondary N) is 1. The molecule has 1 aliphatic rings. The van der Waals surface area contributed by atoms with E-state index in [-0.39, 0.29) is 22.7 Å². The Morgan fingerprint density at radius 1 is 1.35 bits per heavy atom. The maximum Gasteiger partial charge on any atom is 0.263 e. The summed E-state index contributed by atoms with van der Waals surface area (Å²) in [4.78, 5) is 0.0955. The number of alkyl halides is 2. The fourth-order valence-electron chi connectivity index (χ4n) is 1.76. The topological polar surface area (TPSA) is 46.2 Å². The lowest BCUT2D eigenvalue weighted by atomic mass is 10.1. The molecule has 0 saturated carbocycles. The van der Waals surface area contributed by atoms with E-state index in [0.717, 1.165) is 6.07 Å². The number of anilines is 1. The number of fused-ring (bicyclic) bond motifs is 1. The molecule has 0 aliphatic carbocycles. The quantitative estimate of drug-likeness (QED) is 0.845. The van der Waals surface area contributed by atoms with Crippen molar-refractivity contribution in [2.45, 2.75) is 29.9 Å². The molecule has 1 heterocycles. The van der Waals surface area contributed by atoms with Crippen LogP contribution in [0.4, 0.5) is 14.5 Å². The van der Waals surface area contributed by atoms with Crippen LogP contribution in [0.5, 0.6) is 0 Å². The Kier molecular flexibility index (Phi) is 2.65. The van der Waals surface area contributed by atoms with E-state index >= 15 is 0 Å². The summed E-state index contributed by atoms with van der Waals surface area (Å²) in [5, 5.41) is 2.89. The van der Waals surface area contributed by atoms with E-state index in [2.05, 4.69) is 5.32 Å². The highest BCUT2D eigenvalue weighted by atomic mass is 32.2. The Balaban J connectivity index is 2.60. The molecule has 0 unspecified atom stereocenters. The Morgan fingerprint density at radius 2 is 2.00 bits per heavy atom. The monoisotopic (exact) mass is 261 g/mol. The van der Waals surface area contributed by atoms with Crippen LogP contribution in [0.2, 0.25) is 0 Å². The molecule has 94 valence electrons. The van der Waals surface area contributed by atoms with Crippen molar-refractivity contribution in [3.8, 4) is 0 Å². The molecule has 0 bridgehead atoms. The highest BCUT2D eigenvalue weighted by molar-refractivity contribution is 7.93. The fraction of sp³-hybridized carbons (Fsp3) is 0.455. The Hall–Kier alpha value is -1.17. The molecule has 2 rings (SSSR count). The minimum absolute atomic E-state index is 0.0955. The molecule has 6 heteroatoms. The predicted molar refractivity (Wildman–Crippen MR) is 61.2 cm³/mol. The maximum atomic E-state index is 12.5. The first-order valence-corrected chi connectivity index (χ1v) is 6.64. The number of sulfone groups is 1. The minimum Gasteiger partial charge on any atom is -0.382 e. The van der Waals surface area contributed by atoms with Crippen LogP contribution < -0.4 is 5.32 Å². The molecule has 0 radical (unpaired) electrons. The summed E-state index contributed by atoms with van der Waals surface area (Å²) in [5.74, 6) is 0. The van der Waals surface area contributed by atoms with Crippen LogP contribution in [0.15, 0.2) is 23.1 Å². The first-order chi connectivity index (χ1) is 7.75. The van der Waals surface area contributed by atoms with E-state index in [1.54, 1.807) is 13.8 Å². The van der Waals surface area contributed by atoms with Crippen LogP contribution in [-0.2, 0) is 9.84 Å². The summed E-state index contributed by atoms with van der Waals surface area (Å²) in [6, 6.07) is 3.61. The lowest BCUT2D eigenvalue weighted by Gasteiger charge is -2.32. The zero-order chi connectivity index (χ0) is 12.8. The average molecular weight is 261 g/mol. The number of hydrogen-bond donors (Lipinski definition) is 1. The van der Waals surface area contributed by atoms with Gasteiger partial charge in [-0.05, 0) is 26.0 Å². The van der Waals surface area contributed by atoms with Crippen LogP contribution >= 0.6 is 0 Å². The molecular weight excluding hydrogens is 248 g/mol. The second-order valence-corrected chi connectivity index (χ2v) is 7.22. The smallest absolute Gasteiger partial charge is 0.263 e. The van der Waals surface area contributed by atoms with Crippen molar-refractivity contribution < 1.29 is 17.2 Å². The molecule has 0 atom stereocenters. The molecule has 1 aromatic rings. The predicted octanol–water partition coefficient (Wildman–Crippen LogP) is 2.60. The van der Waals surface area contributed by atoms with Crippen molar-refractivity contribution in [1.29, 1.82) is 0 Å². The fourth-order valence-corrected chi connectivity index (χ4v) is 3.28. The van der Waals surface area contributed by atoms with Crippen LogP contribution in [-0.4, -0.2) is 19.7 Å². The number of hydrogen-bond acceptors (Lipinski definition) is 3. The number of rotatable bonds is 1. The second kappa shape index (κ2) is 3.66. The normalized spacial score (nSPS) is 20.8. The highest BCUT2D eigenvalue weighted by Crippen LogP contribution is 2.37. The van der Waals surface area contributed by atoms with Crippen LogP contribution in [0.3, 0.4) is 0 Å². The lowest BCUT2D eigenvalue weighted by Crippen LogP contribution is -2.43. The Labute approximate surface area is 98.8 Å². The van der Waals surface area contributed by atoms with E-state index < -0.39 is 21.0 Å². The van der Waals surface area contributed by atoms with Crippen LogP contribution in [0.1, 0.15) is 25.8 Å². The SMILES string of the molecule is CC1(C)CNc2cc(C(F)F)ccc2S1(=O)=O. The standard InChI is InChI=1S/C11H13F2NO2S/c1-11(2)6-14-8-5-7(10(12)13)3-4-9(8)17(11,15)16/h3-5,10,14H,6H2,1-2H3. The Bertz CT molecular complexity index is 553. The van der Waals surface area contributed by atoms with E-state index in [1.165, 1.54) is 12.1 Å². The summed E-state index contributed by atoms with van der Waals surface area (Å²) >= 11 is 0. The molecule has 0 amide bonds. The third-order valence-corrected chi connectivity index (χ3v) is 5.51. The molecular formula is C11H13F2NO2S. The van der Waals surface area contributed by atoms with Crippen LogP contribution in [0, 0.1) is 0 Å². The van der Waals surface area contributed by atoms with Gasteiger partial charge >= 0.3 is 0 Å². The van der Waals surface area contributed by atoms with Gasteiger partial charge in [-0.25, -0.2) is 17.2 Å². The van der Waals surface area contributed by atoms with Crippen molar-refractivity contribution >= 4 is 15.5 Å². The van der Waals surface area contributed by atoms with Crippen molar-refractivity contribution in [2.75, 3.05) is 11.9 Å². The largest absolute Gasteiger partial charge is 0.382 e. The van der Waals surface area contributed by atoms with Gasteiger partial charge in [0.15, 0.2) is 9.84 Å². The van der Waals surface area contributed by atoms with Crippen molar-refractivity contribution in [3.63, 3.8) is 0 Å². The molecule has 0 saturated heterocycles. The first-order valence-electron chi connectivity index (χ1n) is 5.16. The lowest BCUT2D eigenvalue weighted by molar-refractivity contribution is 0.151. The number of halogens is 2. The maximum absolute atomic E-state index is 12.5.